The summed E-state index contributed by atoms with van der Waals surface area (Å²) in [7, 11) is 0. The Morgan fingerprint density at radius 3 is 2.38 bits per heavy atom. The van der Waals surface area contributed by atoms with Crippen LogP contribution in [0, 0.1) is 6.92 Å². The van der Waals surface area contributed by atoms with Crippen LogP contribution in [0.25, 0.3) is 11.2 Å². The minimum Gasteiger partial charge on any atom is -0.368 e. The molecule has 2 aromatic carbocycles. The minimum atomic E-state index is -0.990. The Balaban J connectivity index is 0.798. The number of carbonyl (C=O) groups excluding carboxylic acids is 5. The molecule has 0 spiro atoms. The number of rotatable bonds is 9. The van der Waals surface area contributed by atoms with Gasteiger partial charge in [-0.15, -0.1) is 0 Å². The molecule has 3 aliphatic heterocycles. The van der Waals surface area contributed by atoms with Crippen LogP contribution in [0.2, 0.25) is 0 Å². The monoisotopic (exact) mass is 753 g/mol. The number of piperidine rings is 1. The van der Waals surface area contributed by atoms with Gasteiger partial charge in [0.2, 0.25) is 11.8 Å². The number of imide groups is 2. The molecule has 0 radical (unpaired) electrons. The summed E-state index contributed by atoms with van der Waals surface area (Å²) in [5.41, 5.74) is 6.24. The first kappa shape index (κ1) is 35.0. The van der Waals surface area contributed by atoms with Crippen molar-refractivity contribution in [3.8, 4) is 0 Å². The van der Waals surface area contributed by atoms with Gasteiger partial charge in [-0.25, -0.2) is 19.9 Å². The zero-order chi connectivity index (χ0) is 38.5. The molecular formula is C40H39N11O5. The van der Waals surface area contributed by atoms with Gasteiger partial charge in [0.05, 0.1) is 17.5 Å². The third kappa shape index (κ3) is 6.46. The van der Waals surface area contributed by atoms with E-state index in [1.54, 1.807) is 30.9 Å². The lowest BCUT2D eigenvalue weighted by Gasteiger charge is -2.37. The number of imidazole rings is 1. The SMILES string of the molecule is Cc1cccc(C(=O)NC2CC(n3cnc4c(NCc5cccc(N6CCN(c7ccc8c(c7)C(=O)N([C@H]7CCC(=O)NC7=O)C8=O)CC6)c5)ncnc43)C2)n1. The fraction of sp³-hybridized carbons (Fsp3) is 0.325. The highest BCUT2D eigenvalue weighted by atomic mass is 16.2. The number of benzene rings is 2. The fourth-order valence-electron chi connectivity index (χ4n) is 8.04. The van der Waals surface area contributed by atoms with Crippen molar-refractivity contribution >= 4 is 57.9 Å². The Labute approximate surface area is 321 Å². The third-order valence-electron chi connectivity index (χ3n) is 11.1. The van der Waals surface area contributed by atoms with Gasteiger partial charge in [-0.1, -0.05) is 18.2 Å². The number of amides is 5. The summed E-state index contributed by atoms with van der Waals surface area (Å²) in [6.45, 7) is 5.32. The Morgan fingerprint density at radius 1 is 0.857 bits per heavy atom. The topological polar surface area (TPSA) is 188 Å². The van der Waals surface area contributed by atoms with Crippen molar-refractivity contribution in [2.75, 3.05) is 41.3 Å². The molecule has 5 amide bonds. The number of fused-ring (bicyclic) bond motifs is 2. The lowest BCUT2D eigenvalue weighted by atomic mass is 9.86. The van der Waals surface area contributed by atoms with E-state index in [1.807, 2.05) is 31.2 Å². The van der Waals surface area contributed by atoms with Gasteiger partial charge in [0.15, 0.2) is 11.5 Å². The van der Waals surface area contributed by atoms with E-state index in [-0.39, 0.29) is 42.0 Å². The number of nitrogens with one attached hydrogen (secondary N) is 3. The summed E-state index contributed by atoms with van der Waals surface area (Å²) in [5.74, 6) is -1.55. The van der Waals surface area contributed by atoms with Gasteiger partial charge in [0, 0.05) is 68.3 Å². The Kier molecular flexibility index (Phi) is 8.86. The maximum absolute atomic E-state index is 13.4. The van der Waals surface area contributed by atoms with Crippen LogP contribution < -0.4 is 25.8 Å². The number of nitrogens with zero attached hydrogens (tertiary/aromatic N) is 8. The van der Waals surface area contributed by atoms with Gasteiger partial charge in [-0.2, -0.15) is 0 Å². The van der Waals surface area contributed by atoms with Crippen LogP contribution in [0.3, 0.4) is 0 Å². The van der Waals surface area contributed by atoms with Gasteiger partial charge >= 0.3 is 0 Å². The number of hydrogen-bond donors (Lipinski definition) is 3. The maximum Gasteiger partial charge on any atom is 0.270 e. The molecule has 3 aromatic heterocycles. The number of aryl methyl sites for hydroxylation is 1. The second-order valence-electron chi connectivity index (χ2n) is 14.7. The molecule has 56 heavy (non-hydrogen) atoms. The average Bonchev–Trinajstić information content (AvgIpc) is 3.73. The van der Waals surface area contributed by atoms with Crippen molar-refractivity contribution in [2.24, 2.45) is 0 Å². The molecular weight excluding hydrogens is 715 g/mol. The van der Waals surface area contributed by atoms with Crippen molar-refractivity contribution in [2.45, 2.75) is 57.3 Å². The molecule has 1 saturated carbocycles. The number of anilines is 3. The zero-order valence-electron chi connectivity index (χ0n) is 30.6. The molecule has 3 fully saturated rings. The van der Waals surface area contributed by atoms with Gasteiger partial charge in [-0.3, -0.25) is 34.2 Å². The maximum atomic E-state index is 13.4. The van der Waals surface area contributed by atoms with Crippen LogP contribution in [0.5, 0.6) is 0 Å². The first-order valence-corrected chi connectivity index (χ1v) is 18.8. The van der Waals surface area contributed by atoms with E-state index in [0.29, 0.717) is 36.7 Å². The van der Waals surface area contributed by atoms with Gasteiger partial charge in [-0.05, 0) is 74.2 Å². The molecule has 284 valence electrons. The van der Waals surface area contributed by atoms with Gasteiger partial charge in [0.25, 0.3) is 17.7 Å². The van der Waals surface area contributed by atoms with Crippen molar-refractivity contribution in [3.05, 3.63) is 101 Å². The van der Waals surface area contributed by atoms with E-state index in [4.69, 9.17) is 0 Å². The van der Waals surface area contributed by atoms with Crippen molar-refractivity contribution in [3.63, 3.8) is 0 Å². The van der Waals surface area contributed by atoms with Crippen LogP contribution in [0.15, 0.2) is 73.3 Å². The lowest BCUT2D eigenvalue weighted by molar-refractivity contribution is -0.136. The minimum absolute atomic E-state index is 0.0542. The fourth-order valence-corrected chi connectivity index (χ4v) is 8.04. The quantitative estimate of drug-likeness (QED) is 0.187. The smallest absolute Gasteiger partial charge is 0.270 e. The summed E-state index contributed by atoms with van der Waals surface area (Å²) < 4.78 is 2.06. The molecule has 4 aliphatic rings. The summed E-state index contributed by atoms with van der Waals surface area (Å²) >= 11 is 0. The Bertz CT molecular complexity index is 2420. The summed E-state index contributed by atoms with van der Waals surface area (Å²) in [5, 5.41) is 8.78. The average molecular weight is 754 g/mol. The molecule has 2 saturated heterocycles. The summed E-state index contributed by atoms with van der Waals surface area (Å²) in [4.78, 5) is 86.8. The molecule has 5 aromatic rings. The third-order valence-corrected chi connectivity index (χ3v) is 11.1. The van der Waals surface area contributed by atoms with Crippen molar-refractivity contribution in [1.29, 1.82) is 0 Å². The van der Waals surface area contributed by atoms with Crippen LogP contribution >= 0.6 is 0 Å². The molecule has 3 N–H and O–H groups in total. The first-order valence-electron chi connectivity index (χ1n) is 18.8. The number of aromatic nitrogens is 5. The van der Waals surface area contributed by atoms with E-state index in [1.165, 1.54) is 0 Å². The second-order valence-corrected chi connectivity index (χ2v) is 14.7. The highest BCUT2D eigenvalue weighted by molar-refractivity contribution is 6.23. The summed E-state index contributed by atoms with van der Waals surface area (Å²) in [6, 6.07) is 18.3. The Morgan fingerprint density at radius 2 is 1.61 bits per heavy atom. The molecule has 16 nitrogen and oxygen atoms in total. The van der Waals surface area contributed by atoms with Crippen molar-refractivity contribution < 1.29 is 24.0 Å². The lowest BCUT2D eigenvalue weighted by Crippen LogP contribution is -2.54. The zero-order valence-corrected chi connectivity index (χ0v) is 30.6. The Hall–Kier alpha value is -6.71. The van der Waals surface area contributed by atoms with Crippen LogP contribution in [0.1, 0.15) is 74.2 Å². The molecule has 6 heterocycles. The predicted octanol–water partition coefficient (Wildman–Crippen LogP) is 3.00. The highest BCUT2D eigenvalue weighted by Crippen LogP contribution is 2.35. The van der Waals surface area contributed by atoms with E-state index >= 15 is 0 Å². The molecule has 1 atom stereocenters. The predicted molar refractivity (Wildman–Crippen MR) is 205 cm³/mol. The molecule has 16 heteroatoms. The van der Waals surface area contributed by atoms with Gasteiger partial charge in [0.1, 0.15) is 23.6 Å². The van der Waals surface area contributed by atoms with Crippen molar-refractivity contribution in [1.82, 2.24) is 40.0 Å². The highest BCUT2D eigenvalue weighted by Gasteiger charge is 2.45. The first-order chi connectivity index (χ1) is 27.2. The molecule has 9 rings (SSSR count). The largest absolute Gasteiger partial charge is 0.368 e. The normalized spacial score (nSPS) is 20.9. The molecule has 1 aliphatic carbocycles. The van der Waals surface area contributed by atoms with Crippen LogP contribution in [-0.2, 0) is 16.1 Å². The van der Waals surface area contributed by atoms with E-state index in [2.05, 4.69) is 68.5 Å². The van der Waals surface area contributed by atoms with Crippen LogP contribution in [-0.4, -0.2) is 97.2 Å². The van der Waals surface area contributed by atoms with E-state index in [9.17, 15) is 24.0 Å². The van der Waals surface area contributed by atoms with E-state index in [0.717, 1.165) is 59.1 Å². The standard InChI is InChI=1S/C40H39N11O5/c1-23-4-2-7-31(45-23)37(53)46-25-17-28(18-25)50-22-44-34-35(42-21-43-36(34)50)41-20-24-5-3-6-26(16-24)48-12-14-49(15-13-48)27-8-9-29-30(19-27)40(56)51(39(29)55)32-10-11-33(52)47-38(32)54/h2-9,16,19,21-22,25,28,32H,10-15,17-18,20H2,1H3,(H,46,53)(H,41,42,43)(H,47,52,54)/t25?,28?,32-/m0/s1. The number of carbonyl (C=O) groups is 5. The van der Waals surface area contributed by atoms with Gasteiger partial charge < -0.3 is 25.0 Å². The number of hydrogen-bond acceptors (Lipinski definition) is 12. The summed E-state index contributed by atoms with van der Waals surface area (Å²) in [6.07, 6.45) is 5.09. The molecule has 0 bridgehead atoms. The second kappa shape index (κ2) is 14.2. The molecule has 0 unspecified atom stereocenters. The number of piperazine rings is 1. The van der Waals surface area contributed by atoms with E-state index < -0.39 is 29.7 Å². The van der Waals surface area contributed by atoms with Crippen LogP contribution in [0.4, 0.5) is 17.2 Å². The number of pyridine rings is 1.